The van der Waals surface area contributed by atoms with Crippen LogP contribution in [0, 0.1) is 6.92 Å². The summed E-state index contributed by atoms with van der Waals surface area (Å²) in [5.41, 5.74) is 8.91. The quantitative estimate of drug-likeness (QED) is 0.815. The number of nitrogens with zero attached hydrogens (tertiary/aromatic N) is 2. The van der Waals surface area contributed by atoms with Gasteiger partial charge >= 0.3 is 0 Å². The fraction of sp³-hybridized carbons (Fsp3) is 0.500. The number of hydrogen-bond acceptors (Lipinski definition) is 2. The highest BCUT2D eigenvalue weighted by Gasteiger charge is 2.20. The van der Waals surface area contributed by atoms with E-state index in [9.17, 15) is 0 Å². The van der Waals surface area contributed by atoms with Crippen LogP contribution in [0.3, 0.4) is 0 Å². The van der Waals surface area contributed by atoms with Crippen molar-refractivity contribution in [1.82, 2.24) is 9.38 Å². The lowest BCUT2D eigenvalue weighted by atomic mass is 9.89. The average Bonchev–Trinajstić information content (AvgIpc) is 2.68. The lowest BCUT2D eigenvalue weighted by molar-refractivity contribution is 0.427. The van der Waals surface area contributed by atoms with Crippen molar-refractivity contribution >= 4 is 11.2 Å². The Bertz CT molecular complexity index is 536. The number of fused-ring (bicyclic) bond motifs is 1. The molecule has 0 saturated heterocycles. The average molecular weight is 229 g/mol. The fourth-order valence-electron chi connectivity index (χ4n) is 2.93. The van der Waals surface area contributed by atoms with E-state index < -0.39 is 0 Å². The Morgan fingerprint density at radius 1 is 1.29 bits per heavy atom. The summed E-state index contributed by atoms with van der Waals surface area (Å²) in [5, 5.41) is 0. The molecule has 3 nitrogen and oxygen atoms in total. The molecule has 2 N–H and O–H groups in total. The van der Waals surface area contributed by atoms with Crippen molar-refractivity contribution in [3.63, 3.8) is 0 Å². The first-order valence-corrected chi connectivity index (χ1v) is 6.50. The van der Waals surface area contributed by atoms with Crippen LogP contribution in [0.1, 0.15) is 49.5 Å². The molecule has 1 fully saturated rings. The Hall–Kier alpha value is -1.51. The normalized spacial score (nSPS) is 17.7. The van der Waals surface area contributed by atoms with E-state index in [0.717, 1.165) is 16.9 Å². The number of pyridine rings is 1. The third kappa shape index (κ3) is 1.79. The van der Waals surface area contributed by atoms with Gasteiger partial charge in [0.05, 0.1) is 11.2 Å². The lowest BCUT2D eigenvalue weighted by Crippen LogP contribution is -2.08. The lowest BCUT2D eigenvalue weighted by Gasteiger charge is -2.20. The van der Waals surface area contributed by atoms with Gasteiger partial charge in [0.2, 0.25) is 0 Å². The molecule has 90 valence electrons. The molecule has 0 radical (unpaired) electrons. The van der Waals surface area contributed by atoms with Crippen molar-refractivity contribution in [2.45, 2.75) is 44.9 Å². The smallest absolute Gasteiger partial charge is 0.116 e. The predicted octanol–water partition coefficient (Wildman–Crippen LogP) is 3.27. The standard InChI is InChI=1S/C14H19N3/c1-10-13-9-12(15)7-8-17(13)14(16-10)11-5-3-2-4-6-11/h7-9,11H,2-6,15H2,1H3. The number of aryl methyl sites for hydroxylation is 1. The van der Waals surface area contributed by atoms with Gasteiger partial charge in [0, 0.05) is 17.8 Å². The minimum absolute atomic E-state index is 0.633. The van der Waals surface area contributed by atoms with Crippen LogP contribution in [-0.2, 0) is 0 Å². The van der Waals surface area contributed by atoms with Gasteiger partial charge in [0.15, 0.2) is 0 Å². The summed E-state index contributed by atoms with van der Waals surface area (Å²) in [4.78, 5) is 4.76. The van der Waals surface area contributed by atoms with Crippen LogP contribution in [0.2, 0.25) is 0 Å². The Labute approximate surface area is 102 Å². The van der Waals surface area contributed by atoms with Crippen LogP contribution in [0.15, 0.2) is 18.3 Å². The van der Waals surface area contributed by atoms with Gasteiger partial charge in [-0.1, -0.05) is 19.3 Å². The van der Waals surface area contributed by atoms with Crippen LogP contribution in [-0.4, -0.2) is 9.38 Å². The van der Waals surface area contributed by atoms with Crippen LogP contribution in [0.25, 0.3) is 5.52 Å². The zero-order valence-electron chi connectivity index (χ0n) is 10.3. The van der Waals surface area contributed by atoms with Crippen molar-refractivity contribution in [3.05, 3.63) is 29.8 Å². The molecule has 0 spiro atoms. The van der Waals surface area contributed by atoms with Gasteiger partial charge in [-0.3, -0.25) is 0 Å². The Balaban J connectivity index is 2.10. The first-order valence-electron chi connectivity index (χ1n) is 6.50. The van der Waals surface area contributed by atoms with Crippen molar-refractivity contribution < 1.29 is 0 Å². The summed E-state index contributed by atoms with van der Waals surface area (Å²) >= 11 is 0. The van der Waals surface area contributed by atoms with E-state index in [4.69, 9.17) is 10.7 Å². The maximum atomic E-state index is 5.84. The molecular weight excluding hydrogens is 210 g/mol. The maximum Gasteiger partial charge on any atom is 0.116 e. The fourth-order valence-corrected chi connectivity index (χ4v) is 2.93. The molecule has 0 bridgehead atoms. The number of nitrogen functional groups attached to an aromatic ring is 1. The molecule has 2 aromatic rings. The molecule has 0 atom stereocenters. The highest BCUT2D eigenvalue weighted by Crippen LogP contribution is 2.33. The SMILES string of the molecule is Cc1nc(C2CCCCC2)n2ccc(N)cc12. The molecule has 17 heavy (non-hydrogen) atoms. The van der Waals surface area contributed by atoms with Crippen LogP contribution >= 0.6 is 0 Å². The van der Waals surface area contributed by atoms with Crippen LogP contribution in [0.4, 0.5) is 5.69 Å². The van der Waals surface area contributed by atoms with E-state index >= 15 is 0 Å². The van der Waals surface area contributed by atoms with Crippen molar-refractivity contribution in [2.24, 2.45) is 0 Å². The first kappa shape index (κ1) is 10.6. The van der Waals surface area contributed by atoms with Crippen molar-refractivity contribution in [2.75, 3.05) is 5.73 Å². The number of aromatic nitrogens is 2. The highest BCUT2D eigenvalue weighted by molar-refractivity contribution is 5.60. The summed E-state index contributed by atoms with van der Waals surface area (Å²) in [6.07, 6.45) is 8.69. The molecule has 1 aliphatic rings. The van der Waals surface area contributed by atoms with Gasteiger partial charge in [-0.2, -0.15) is 0 Å². The van der Waals surface area contributed by atoms with E-state index in [-0.39, 0.29) is 0 Å². The summed E-state index contributed by atoms with van der Waals surface area (Å²) in [6.45, 7) is 2.07. The maximum absolute atomic E-state index is 5.84. The predicted molar refractivity (Wildman–Crippen MR) is 70.2 cm³/mol. The van der Waals surface area contributed by atoms with Gasteiger partial charge in [-0.05, 0) is 31.9 Å². The second-order valence-electron chi connectivity index (χ2n) is 5.11. The Morgan fingerprint density at radius 3 is 2.82 bits per heavy atom. The van der Waals surface area contributed by atoms with E-state index in [1.54, 1.807) is 0 Å². The molecule has 1 saturated carbocycles. The number of nitrogens with two attached hydrogens (primary N) is 1. The summed E-state index contributed by atoms with van der Waals surface area (Å²) < 4.78 is 2.22. The zero-order chi connectivity index (χ0) is 11.8. The number of anilines is 1. The van der Waals surface area contributed by atoms with Gasteiger partial charge in [-0.25, -0.2) is 4.98 Å². The van der Waals surface area contributed by atoms with Gasteiger partial charge in [-0.15, -0.1) is 0 Å². The topological polar surface area (TPSA) is 43.3 Å². The molecule has 3 heteroatoms. The minimum Gasteiger partial charge on any atom is -0.399 e. The van der Waals surface area contributed by atoms with E-state index in [0.29, 0.717) is 5.92 Å². The van der Waals surface area contributed by atoms with Crippen LogP contribution < -0.4 is 5.73 Å². The molecule has 0 unspecified atom stereocenters. The third-order valence-electron chi connectivity index (χ3n) is 3.85. The molecule has 2 heterocycles. The second kappa shape index (κ2) is 4.06. The zero-order valence-corrected chi connectivity index (χ0v) is 10.3. The summed E-state index contributed by atoms with van der Waals surface area (Å²) in [6, 6.07) is 3.98. The molecular formula is C14H19N3. The monoisotopic (exact) mass is 229 g/mol. The number of hydrogen-bond donors (Lipinski definition) is 1. The molecule has 2 aromatic heterocycles. The molecule has 0 aliphatic heterocycles. The van der Waals surface area contributed by atoms with E-state index in [1.165, 1.54) is 37.9 Å². The molecule has 3 rings (SSSR count). The summed E-state index contributed by atoms with van der Waals surface area (Å²) in [7, 11) is 0. The first-order chi connectivity index (χ1) is 8.25. The Morgan fingerprint density at radius 2 is 2.06 bits per heavy atom. The molecule has 1 aliphatic carbocycles. The minimum atomic E-state index is 0.633. The highest BCUT2D eigenvalue weighted by atomic mass is 15.0. The van der Waals surface area contributed by atoms with E-state index in [1.807, 2.05) is 12.1 Å². The molecule has 0 amide bonds. The van der Waals surface area contributed by atoms with Gasteiger partial charge < -0.3 is 10.1 Å². The van der Waals surface area contributed by atoms with Gasteiger partial charge in [0.25, 0.3) is 0 Å². The third-order valence-corrected chi connectivity index (χ3v) is 3.85. The van der Waals surface area contributed by atoms with Crippen LogP contribution in [0.5, 0.6) is 0 Å². The largest absolute Gasteiger partial charge is 0.399 e. The van der Waals surface area contributed by atoms with Crippen molar-refractivity contribution in [3.8, 4) is 0 Å². The second-order valence-corrected chi connectivity index (χ2v) is 5.11. The number of rotatable bonds is 1. The van der Waals surface area contributed by atoms with E-state index in [2.05, 4.69) is 17.5 Å². The number of imidazole rings is 1. The van der Waals surface area contributed by atoms with Crippen molar-refractivity contribution in [1.29, 1.82) is 0 Å². The molecule has 0 aromatic carbocycles. The van der Waals surface area contributed by atoms with Gasteiger partial charge in [0.1, 0.15) is 5.82 Å². The summed E-state index contributed by atoms with van der Waals surface area (Å²) in [5.74, 6) is 1.87. The Kier molecular flexibility index (Phi) is 2.54.